The monoisotopic (exact) mass is 386 g/mol. The van der Waals surface area contributed by atoms with Crippen LogP contribution in [0.5, 0.6) is 0 Å². The second-order valence-corrected chi connectivity index (χ2v) is 5.55. The maximum absolute atomic E-state index is 11.9. The summed E-state index contributed by atoms with van der Waals surface area (Å²) in [5.41, 5.74) is 3.00. The van der Waals surface area contributed by atoms with Crippen molar-refractivity contribution in [3.63, 3.8) is 0 Å². The fraction of sp³-hybridized carbons (Fsp3) is 0. The molecule has 22 heavy (non-hydrogen) atoms. The molecule has 0 atom stereocenters. The molecule has 2 aromatic rings. The van der Waals surface area contributed by atoms with E-state index >= 15 is 0 Å². The fourth-order valence-electron chi connectivity index (χ4n) is 2.01. The van der Waals surface area contributed by atoms with E-state index in [9.17, 15) is 24.6 Å². The summed E-state index contributed by atoms with van der Waals surface area (Å²) in [6.07, 6.45) is 0. The van der Waals surface area contributed by atoms with E-state index in [2.05, 4.69) is 15.9 Å². The third kappa shape index (κ3) is 2.70. The van der Waals surface area contributed by atoms with Crippen LogP contribution in [0.1, 0.15) is 20.7 Å². The summed E-state index contributed by atoms with van der Waals surface area (Å²) in [7, 11) is 0. The van der Waals surface area contributed by atoms with Gasteiger partial charge in [-0.05, 0) is 12.1 Å². The molecule has 1 aromatic heterocycles. The van der Waals surface area contributed by atoms with Gasteiger partial charge in [0.2, 0.25) is 0 Å². The van der Waals surface area contributed by atoms with Crippen LogP contribution in [0.15, 0.2) is 27.5 Å². The molecule has 7 nitrogen and oxygen atoms in total. The molecular weight excluding hydrogens is 380 g/mol. The standard InChI is InChI=1S/C13H8BrClN2O5/c14-4-1-2-5(6(15)3-4)7-8(12(19)20)10(16)17-11(18)9(7)13(21)22/h1-3H,(H,19,20)(H,21,22)(H3,16,17,18). The third-order valence-corrected chi connectivity index (χ3v) is 3.68. The number of anilines is 1. The lowest BCUT2D eigenvalue weighted by Crippen LogP contribution is -2.24. The molecule has 0 unspecified atom stereocenters. The van der Waals surface area contributed by atoms with Gasteiger partial charge in [0.25, 0.3) is 5.56 Å². The Kier molecular flexibility index (Phi) is 4.25. The minimum absolute atomic E-state index is 0.0735. The number of aromatic nitrogens is 1. The number of benzene rings is 1. The molecule has 0 saturated carbocycles. The van der Waals surface area contributed by atoms with Crippen molar-refractivity contribution in [2.75, 3.05) is 5.73 Å². The summed E-state index contributed by atoms with van der Waals surface area (Å²) in [6, 6.07) is 4.39. The third-order valence-electron chi connectivity index (χ3n) is 2.87. The summed E-state index contributed by atoms with van der Waals surface area (Å²) in [5.74, 6) is -3.51. The lowest BCUT2D eigenvalue weighted by molar-refractivity contribution is 0.0695. The molecule has 0 fully saturated rings. The topological polar surface area (TPSA) is 133 Å². The largest absolute Gasteiger partial charge is 0.478 e. The second-order valence-electron chi connectivity index (χ2n) is 4.23. The van der Waals surface area contributed by atoms with Crippen molar-refractivity contribution in [2.24, 2.45) is 0 Å². The summed E-state index contributed by atoms with van der Waals surface area (Å²) < 4.78 is 0.604. The zero-order chi connectivity index (χ0) is 16.6. The lowest BCUT2D eigenvalue weighted by Gasteiger charge is -2.13. The number of carbonyl (C=O) groups is 2. The Balaban J connectivity index is 3.02. The molecule has 0 amide bonds. The summed E-state index contributed by atoms with van der Waals surface area (Å²) in [5, 5.41) is 18.6. The van der Waals surface area contributed by atoms with Gasteiger partial charge < -0.3 is 20.9 Å². The summed E-state index contributed by atoms with van der Waals surface area (Å²) in [6.45, 7) is 0. The Bertz CT molecular complexity index is 862. The van der Waals surface area contributed by atoms with Crippen LogP contribution in [-0.4, -0.2) is 27.1 Å². The van der Waals surface area contributed by atoms with Gasteiger partial charge >= 0.3 is 11.9 Å². The first-order valence-electron chi connectivity index (χ1n) is 5.71. The van der Waals surface area contributed by atoms with E-state index in [0.29, 0.717) is 4.47 Å². The quantitative estimate of drug-likeness (QED) is 0.639. The van der Waals surface area contributed by atoms with E-state index in [1.807, 2.05) is 4.98 Å². The molecule has 5 N–H and O–H groups in total. The van der Waals surface area contributed by atoms with E-state index in [-0.39, 0.29) is 16.1 Å². The van der Waals surface area contributed by atoms with Crippen LogP contribution in [0, 0.1) is 0 Å². The van der Waals surface area contributed by atoms with Crippen molar-refractivity contribution < 1.29 is 19.8 Å². The number of H-pyrrole nitrogens is 1. The van der Waals surface area contributed by atoms with Gasteiger partial charge in [0.05, 0.1) is 0 Å². The van der Waals surface area contributed by atoms with Crippen LogP contribution in [0.3, 0.4) is 0 Å². The molecule has 114 valence electrons. The summed E-state index contributed by atoms with van der Waals surface area (Å²) >= 11 is 9.24. The number of carboxylic acid groups (broad SMARTS) is 2. The Morgan fingerprint density at radius 2 is 1.77 bits per heavy atom. The Hall–Kier alpha value is -2.32. The molecule has 0 aliphatic carbocycles. The highest BCUT2D eigenvalue weighted by Gasteiger charge is 2.27. The zero-order valence-corrected chi connectivity index (χ0v) is 13.0. The van der Waals surface area contributed by atoms with Crippen molar-refractivity contribution in [1.29, 1.82) is 0 Å². The number of nitrogens with two attached hydrogens (primary N) is 1. The highest BCUT2D eigenvalue weighted by Crippen LogP contribution is 2.35. The van der Waals surface area contributed by atoms with E-state index in [0.717, 1.165) is 0 Å². The normalized spacial score (nSPS) is 10.5. The highest BCUT2D eigenvalue weighted by molar-refractivity contribution is 9.10. The number of aromatic carboxylic acids is 2. The first kappa shape index (κ1) is 16.1. The van der Waals surface area contributed by atoms with Crippen molar-refractivity contribution >= 4 is 45.3 Å². The van der Waals surface area contributed by atoms with Crippen LogP contribution >= 0.6 is 27.5 Å². The first-order chi connectivity index (χ1) is 10.2. The van der Waals surface area contributed by atoms with Crippen molar-refractivity contribution in [3.8, 4) is 11.1 Å². The van der Waals surface area contributed by atoms with Crippen molar-refractivity contribution in [1.82, 2.24) is 4.98 Å². The number of hydrogen-bond acceptors (Lipinski definition) is 4. The molecule has 0 radical (unpaired) electrons. The average molecular weight is 388 g/mol. The van der Waals surface area contributed by atoms with Gasteiger partial charge in [-0.1, -0.05) is 33.6 Å². The smallest absolute Gasteiger partial charge is 0.342 e. The van der Waals surface area contributed by atoms with Crippen LogP contribution in [0.2, 0.25) is 5.02 Å². The van der Waals surface area contributed by atoms with Gasteiger partial charge in [-0.3, -0.25) is 4.79 Å². The maximum atomic E-state index is 11.9. The Morgan fingerprint density at radius 1 is 1.18 bits per heavy atom. The van der Waals surface area contributed by atoms with Crippen LogP contribution in [-0.2, 0) is 0 Å². The lowest BCUT2D eigenvalue weighted by atomic mass is 9.95. The predicted molar refractivity (Wildman–Crippen MR) is 83.5 cm³/mol. The second kappa shape index (κ2) is 5.82. The molecule has 9 heteroatoms. The van der Waals surface area contributed by atoms with E-state index < -0.39 is 34.4 Å². The SMILES string of the molecule is Nc1[nH]c(=O)c(C(=O)O)c(-c2ccc(Br)cc2Cl)c1C(=O)O. The number of nitrogens with one attached hydrogen (secondary N) is 1. The van der Waals surface area contributed by atoms with Gasteiger partial charge in [-0.15, -0.1) is 0 Å². The van der Waals surface area contributed by atoms with Crippen molar-refractivity contribution in [3.05, 3.63) is 49.2 Å². The van der Waals surface area contributed by atoms with Gasteiger partial charge in [0.1, 0.15) is 16.9 Å². The molecule has 1 aromatic carbocycles. The molecule has 0 bridgehead atoms. The van der Waals surface area contributed by atoms with Gasteiger partial charge in [0, 0.05) is 20.6 Å². The molecule has 0 spiro atoms. The number of nitrogen functional groups attached to an aromatic ring is 1. The van der Waals surface area contributed by atoms with Gasteiger partial charge in [-0.25, -0.2) is 9.59 Å². The molecular formula is C13H8BrClN2O5. The number of pyridine rings is 1. The van der Waals surface area contributed by atoms with E-state index in [1.54, 1.807) is 0 Å². The van der Waals surface area contributed by atoms with E-state index in [4.69, 9.17) is 17.3 Å². The van der Waals surface area contributed by atoms with Crippen LogP contribution in [0.4, 0.5) is 5.82 Å². The first-order valence-corrected chi connectivity index (χ1v) is 6.89. The fourth-order valence-corrected chi connectivity index (χ4v) is 2.78. The zero-order valence-electron chi connectivity index (χ0n) is 10.7. The number of hydrogen-bond donors (Lipinski definition) is 4. The van der Waals surface area contributed by atoms with E-state index in [1.165, 1.54) is 18.2 Å². The molecule has 1 heterocycles. The minimum Gasteiger partial charge on any atom is -0.478 e. The van der Waals surface area contributed by atoms with Crippen LogP contribution < -0.4 is 11.3 Å². The minimum atomic E-state index is -1.59. The predicted octanol–water partition coefficient (Wildman–Crippen LogP) is 2.44. The highest BCUT2D eigenvalue weighted by atomic mass is 79.9. The number of carboxylic acids is 2. The Labute approximate surface area is 136 Å². The number of aromatic amines is 1. The summed E-state index contributed by atoms with van der Waals surface area (Å²) in [4.78, 5) is 36.7. The maximum Gasteiger partial charge on any atom is 0.342 e. The molecule has 0 saturated heterocycles. The molecule has 0 aliphatic rings. The molecule has 0 aliphatic heterocycles. The van der Waals surface area contributed by atoms with Gasteiger partial charge in [0.15, 0.2) is 0 Å². The van der Waals surface area contributed by atoms with Gasteiger partial charge in [-0.2, -0.15) is 0 Å². The molecule has 2 rings (SSSR count). The number of rotatable bonds is 3. The Morgan fingerprint density at radius 3 is 2.27 bits per heavy atom. The number of halogens is 2. The van der Waals surface area contributed by atoms with Crippen molar-refractivity contribution in [2.45, 2.75) is 0 Å². The average Bonchev–Trinajstić information content (AvgIpc) is 2.36. The van der Waals surface area contributed by atoms with Crippen LogP contribution in [0.25, 0.3) is 11.1 Å².